The Bertz CT molecular complexity index is 1310. The molecule has 0 amide bonds. The Labute approximate surface area is 397 Å². The van der Waals surface area contributed by atoms with Gasteiger partial charge in [0.25, 0.3) is 0 Å². The van der Waals surface area contributed by atoms with E-state index in [1.807, 2.05) is 0 Å². The molecule has 0 saturated carbocycles. The number of carbonyl (C=O) groups excluding carboxylic acids is 1. The minimum atomic E-state index is -4.63. The summed E-state index contributed by atoms with van der Waals surface area (Å²) >= 11 is 0. The SMILES string of the molecule is CC/C=C\C/C=C\C/C=C\C/C=C\CCCCCCCCCOCC(COP(=O)(O)OCC(N)C(=O)O)OC(=O)CCCCCCCCCCCCC/C=C\C/C=C\CCCCCCC. The molecule has 0 aromatic heterocycles. The lowest BCUT2D eigenvalue weighted by atomic mass is 10.0. The zero-order chi connectivity index (χ0) is 47.6. The number of rotatable bonds is 49. The number of allylic oxidation sites excluding steroid dienone is 12. The number of ether oxygens (including phenoxy) is 2. The van der Waals surface area contributed by atoms with E-state index in [0.717, 1.165) is 77.0 Å². The maximum atomic E-state index is 12.7. The molecule has 0 bridgehead atoms. The lowest BCUT2D eigenvalue weighted by molar-refractivity contribution is -0.154. The fourth-order valence-corrected chi connectivity index (χ4v) is 7.76. The number of hydrogen-bond acceptors (Lipinski definition) is 8. The fraction of sp³-hybridized carbons (Fsp3) is 0.741. The molecule has 0 spiro atoms. The summed E-state index contributed by atoms with van der Waals surface area (Å²) in [6.45, 7) is 3.75. The second-order valence-corrected chi connectivity index (χ2v) is 18.7. The molecule has 65 heavy (non-hydrogen) atoms. The van der Waals surface area contributed by atoms with Crippen LogP contribution >= 0.6 is 7.82 Å². The van der Waals surface area contributed by atoms with Crippen LogP contribution in [0.2, 0.25) is 0 Å². The molecule has 0 radical (unpaired) electrons. The average molecular weight is 934 g/mol. The van der Waals surface area contributed by atoms with Gasteiger partial charge >= 0.3 is 19.8 Å². The summed E-state index contributed by atoms with van der Waals surface area (Å²) in [6, 6.07) is -1.48. The molecule has 0 rings (SSSR count). The Morgan fingerprint density at radius 1 is 0.508 bits per heavy atom. The summed E-state index contributed by atoms with van der Waals surface area (Å²) in [4.78, 5) is 33.7. The third kappa shape index (κ3) is 49.1. The van der Waals surface area contributed by atoms with E-state index in [1.165, 1.54) is 116 Å². The molecule has 0 aliphatic carbocycles. The minimum absolute atomic E-state index is 0.00590. The third-order valence-electron chi connectivity index (χ3n) is 11.0. The van der Waals surface area contributed by atoms with Crippen molar-refractivity contribution < 1.29 is 42.7 Å². The Morgan fingerprint density at radius 2 is 0.892 bits per heavy atom. The van der Waals surface area contributed by atoms with Gasteiger partial charge in [-0.15, -0.1) is 0 Å². The first kappa shape index (κ1) is 62.4. The molecule has 0 aliphatic rings. The Morgan fingerprint density at radius 3 is 1.34 bits per heavy atom. The largest absolute Gasteiger partial charge is 0.480 e. The molecule has 0 aromatic carbocycles. The molecule has 0 saturated heterocycles. The van der Waals surface area contributed by atoms with Crippen LogP contribution in [0.15, 0.2) is 72.9 Å². The van der Waals surface area contributed by atoms with E-state index in [9.17, 15) is 19.0 Å². The molecule has 0 aromatic rings. The van der Waals surface area contributed by atoms with Gasteiger partial charge in [0, 0.05) is 13.0 Å². The Hall–Kier alpha value is -2.59. The lowest BCUT2D eigenvalue weighted by Crippen LogP contribution is -2.34. The van der Waals surface area contributed by atoms with Crippen molar-refractivity contribution in [2.24, 2.45) is 5.73 Å². The van der Waals surface area contributed by atoms with Crippen LogP contribution < -0.4 is 5.73 Å². The monoisotopic (exact) mass is 934 g/mol. The standard InChI is InChI=1S/C54H96NO9P/c1-3-5-7-9-11-13-15-17-19-21-23-25-26-27-28-30-32-34-36-38-40-42-44-46-53(56)64-51(49-62-65(59,60)63-50-52(55)54(57)58)48-61-47-45-43-41-39-37-35-33-31-29-24-22-20-18-16-14-12-10-8-6-4-2/h6,8,12,14-15,17-18,20-21,23-24,29,51-52H,3-5,7,9-11,13,16,19,22,25-28,30-50,55H2,1-2H3,(H,57,58)(H,59,60)/b8-6-,14-12-,17-15-,20-18-,23-21-,29-24-. The summed E-state index contributed by atoms with van der Waals surface area (Å²) in [5.74, 6) is -1.79. The van der Waals surface area contributed by atoms with Crippen molar-refractivity contribution in [2.45, 2.75) is 231 Å². The van der Waals surface area contributed by atoms with Crippen LogP contribution in [0.5, 0.6) is 0 Å². The van der Waals surface area contributed by atoms with Gasteiger partial charge in [-0.1, -0.05) is 202 Å². The normalized spacial score (nSPS) is 14.3. The van der Waals surface area contributed by atoms with E-state index >= 15 is 0 Å². The fourth-order valence-electron chi connectivity index (χ4n) is 6.98. The summed E-state index contributed by atoms with van der Waals surface area (Å²) in [7, 11) is -4.63. The maximum Gasteiger partial charge on any atom is 0.472 e. The van der Waals surface area contributed by atoms with E-state index in [-0.39, 0.29) is 13.0 Å². The highest BCUT2D eigenvalue weighted by molar-refractivity contribution is 7.47. The van der Waals surface area contributed by atoms with Crippen LogP contribution in [-0.2, 0) is 32.7 Å². The number of phosphoric ester groups is 1. The Balaban J connectivity index is 4.16. The smallest absolute Gasteiger partial charge is 0.472 e. The molecular formula is C54H96NO9P. The van der Waals surface area contributed by atoms with E-state index in [0.29, 0.717) is 13.0 Å². The zero-order valence-corrected chi connectivity index (χ0v) is 42.2. The highest BCUT2D eigenvalue weighted by Gasteiger charge is 2.27. The average Bonchev–Trinajstić information content (AvgIpc) is 3.29. The first-order valence-corrected chi connectivity index (χ1v) is 27.5. The highest BCUT2D eigenvalue weighted by Crippen LogP contribution is 2.43. The van der Waals surface area contributed by atoms with E-state index < -0.39 is 45.1 Å². The molecule has 0 aliphatic heterocycles. The van der Waals surface area contributed by atoms with Gasteiger partial charge in [-0.2, -0.15) is 0 Å². The van der Waals surface area contributed by atoms with Crippen LogP contribution in [0.3, 0.4) is 0 Å². The van der Waals surface area contributed by atoms with Crippen molar-refractivity contribution in [2.75, 3.05) is 26.4 Å². The van der Waals surface area contributed by atoms with Crippen molar-refractivity contribution in [3.63, 3.8) is 0 Å². The summed E-state index contributed by atoms with van der Waals surface area (Å²) in [5.41, 5.74) is 5.38. The predicted octanol–water partition coefficient (Wildman–Crippen LogP) is 15.3. The quantitative estimate of drug-likeness (QED) is 0.0232. The van der Waals surface area contributed by atoms with E-state index in [1.54, 1.807) is 0 Å². The van der Waals surface area contributed by atoms with Crippen LogP contribution in [0, 0.1) is 0 Å². The summed E-state index contributed by atoms with van der Waals surface area (Å²) in [5, 5.41) is 8.93. The summed E-state index contributed by atoms with van der Waals surface area (Å²) in [6.07, 6.45) is 62.4. The predicted molar refractivity (Wildman–Crippen MR) is 272 cm³/mol. The first-order valence-electron chi connectivity index (χ1n) is 26.0. The van der Waals surface area contributed by atoms with E-state index in [4.69, 9.17) is 29.4 Å². The number of carboxylic acid groups (broad SMARTS) is 1. The molecular weight excluding hydrogens is 838 g/mol. The van der Waals surface area contributed by atoms with Crippen LogP contribution in [0.25, 0.3) is 0 Å². The van der Waals surface area contributed by atoms with Crippen molar-refractivity contribution in [3.8, 4) is 0 Å². The summed E-state index contributed by atoms with van der Waals surface area (Å²) < 4.78 is 33.5. The second kappa shape index (κ2) is 49.3. The van der Waals surface area contributed by atoms with Gasteiger partial charge in [0.2, 0.25) is 0 Å². The first-order chi connectivity index (χ1) is 31.7. The van der Waals surface area contributed by atoms with Gasteiger partial charge in [0.05, 0.1) is 19.8 Å². The lowest BCUT2D eigenvalue weighted by Gasteiger charge is -2.20. The zero-order valence-electron chi connectivity index (χ0n) is 41.3. The number of nitrogens with two attached hydrogens (primary N) is 1. The number of esters is 1. The number of hydrogen-bond donors (Lipinski definition) is 3. The van der Waals surface area contributed by atoms with Crippen molar-refractivity contribution >= 4 is 19.8 Å². The molecule has 3 unspecified atom stereocenters. The number of phosphoric acid groups is 1. The van der Waals surface area contributed by atoms with Crippen molar-refractivity contribution in [1.82, 2.24) is 0 Å². The number of aliphatic carboxylic acids is 1. The van der Waals surface area contributed by atoms with Crippen LogP contribution in [0.4, 0.5) is 0 Å². The van der Waals surface area contributed by atoms with Crippen molar-refractivity contribution in [1.29, 1.82) is 0 Å². The highest BCUT2D eigenvalue weighted by atomic mass is 31.2. The molecule has 0 fully saturated rings. The second-order valence-electron chi connectivity index (χ2n) is 17.3. The topological polar surface area (TPSA) is 155 Å². The van der Waals surface area contributed by atoms with Crippen LogP contribution in [0.1, 0.15) is 219 Å². The molecule has 3 atom stereocenters. The van der Waals surface area contributed by atoms with Gasteiger partial charge in [-0.3, -0.25) is 18.6 Å². The number of unbranched alkanes of at least 4 members (excludes halogenated alkanes) is 23. The van der Waals surface area contributed by atoms with Gasteiger partial charge < -0.3 is 25.2 Å². The Kier molecular flexibility index (Phi) is 47.4. The minimum Gasteiger partial charge on any atom is -0.480 e. The molecule has 11 heteroatoms. The van der Waals surface area contributed by atoms with Gasteiger partial charge in [0.1, 0.15) is 12.1 Å². The maximum absolute atomic E-state index is 12.7. The van der Waals surface area contributed by atoms with Crippen LogP contribution in [-0.4, -0.2) is 60.5 Å². The molecule has 376 valence electrons. The third-order valence-corrected chi connectivity index (χ3v) is 11.9. The number of carboxylic acids is 1. The molecule has 4 N–H and O–H groups in total. The molecule has 10 nitrogen and oxygen atoms in total. The van der Waals surface area contributed by atoms with Gasteiger partial charge in [-0.25, -0.2) is 4.57 Å². The van der Waals surface area contributed by atoms with E-state index in [2.05, 4.69) is 86.8 Å². The van der Waals surface area contributed by atoms with Gasteiger partial charge in [0.15, 0.2) is 0 Å². The van der Waals surface area contributed by atoms with Gasteiger partial charge in [-0.05, 0) is 83.5 Å². The molecule has 0 heterocycles. The number of carbonyl (C=O) groups is 2. The van der Waals surface area contributed by atoms with Crippen molar-refractivity contribution in [3.05, 3.63) is 72.9 Å².